The zero-order valence-electron chi connectivity index (χ0n) is 16.2. The molecule has 5 rings (SSSR count). The van der Waals surface area contributed by atoms with Crippen molar-refractivity contribution >= 4 is 11.6 Å². The molecular weight excluding hydrogens is 373 g/mol. The lowest BCUT2D eigenvalue weighted by Gasteiger charge is -2.57. The fourth-order valence-electron chi connectivity index (χ4n) is 5.37. The van der Waals surface area contributed by atoms with E-state index in [2.05, 4.69) is 29.2 Å². The Bertz CT molecular complexity index is 869. The number of fused-ring (bicyclic) bond motifs is 1. The van der Waals surface area contributed by atoms with Gasteiger partial charge in [-0.2, -0.15) is 0 Å². The maximum atomic E-state index is 13.1. The summed E-state index contributed by atoms with van der Waals surface area (Å²) in [5.41, 5.74) is 5.54. The van der Waals surface area contributed by atoms with Gasteiger partial charge in [-0.15, -0.1) is 0 Å². The van der Waals surface area contributed by atoms with Crippen LogP contribution in [-0.4, -0.2) is 37.3 Å². The van der Waals surface area contributed by atoms with Gasteiger partial charge in [-0.05, 0) is 61.3 Å². The molecule has 2 aliphatic carbocycles. The lowest BCUT2D eigenvalue weighted by atomic mass is 9.62. The van der Waals surface area contributed by atoms with Crippen molar-refractivity contribution in [3.8, 4) is 16.9 Å². The van der Waals surface area contributed by atoms with Gasteiger partial charge in [0.1, 0.15) is 11.9 Å². The highest BCUT2D eigenvalue weighted by Crippen LogP contribution is 2.49. The third kappa shape index (κ3) is 3.33. The van der Waals surface area contributed by atoms with Crippen LogP contribution in [0.3, 0.4) is 0 Å². The Labute approximate surface area is 171 Å². The van der Waals surface area contributed by atoms with E-state index in [0.717, 1.165) is 56.6 Å². The molecule has 2 nitrogen and oxygen atoms in total. The topological polar surface area (TPSA) is 12.5 Å². The largest absolute Gasteiger partial charge is 0.492 e. The second-order valence-corrected chi connectivity index (χ2v) is 9.21. The Morgan fingerprint density at radius 3 is 2.68 bits per heavy atom. The van der Waals surface area contributed by atoms with E-state index in [4.69, 9.17) is 16.3 Å². The molecule has 0 amide bonds. The summed E-state index contributed by atoms with van der Waals surface area (Å²) < 4.78 is 19.1. The molecule has 2 aromatic rings. The summed E-state index contributed by atoms with van der Waals surface area (Å²) in [7, 11) is 0. The molecule has 0 unspecified atom stereocenters. The molecule has 0 atom stereocenters. The summed E-state index contributed by atoms with van der Waals surface area (Å²) in [6, 6.07) is 12.6. The van der Waals surface area contributed by atoms with E-state index in [9.17, 15) is 4.39 Å². The number of halogens is 2. The summed E-state index contributed by atoms with van der Waals surface area (Å²) in [6.07, 6.45) is 5.48. The molecule has 0 bridgehead atoms. The Morgan fingerprint density at radius 2 is 1.86 bits per heavy atom. The van der Waals surface area contributed by atoms with Crippen LogP contribution in [0.5, 0.6) is 5.75 Å². The molecule has 0 aromatic heterocycles. The van der Waals surface area contributed by atoms with Gasteiger partial charge in [0, 0.05) is 30.6 Å². The van der Waals surface area contributed by atoms with Crippen LogP contribution in [0.1, 0.15) is 36.8 Å². The number of alkyl halides is 1. The minimum absolute atomic E-state index is 0.313. The van der Waals surface area contributed by atoms with Crippen molar-refractivity contribution in [1.82, 2.24) is 4.90 Å². The van der Waals surface area contributed by atoms with Crippen LogP contribution in [0.15, 0.2) is 36.4 Å². The van der Waals surface area contributed by atoms with Gasteiger partial charge < -0.3 is 9.64 Å². The van der Waals surface area contributed by atoms with Crippen molar-refractivity contribution < 1.29 is 9.13 Å². The molecule has 1 heterocycles. The highest BCUT2D eigenvalue weighted by Gasteiger charge is 2.52. The SMILES string of the molecule is FC1CC2(C1)CN(CCCOc1cccc(-c3cccc4c3CCC4)c1Cl)C2. The number of aryl methyl sites for hydroxylation is 1. The van der Waals surface area contributed by atoms with Crippen LogP contribution in [0.25, 0.3) is 11.1 Å². The van der Waals surface area contributed by atoms with E-state index in [1.54, 1.807) is 0 Å². The van der Waals surface area contributed by atoms with Crippen molar-refractivity contribution in [3.63, 3.8) is 0 Å². The lowest BCUT2D eigenvalue weighted by Crippen LogP contribution is -2.62. The summed E-state index contributed by atoms with van der Waals surface area (Å²) in [5, 5.41) is 0.717. The average molecular weight is 400 g/mol. The van der Waals surface area contributed by atoms with Gasteiger partial charge in [0.25, 0.3) is 0 Å². The van der Waals surface area contributed by atoms with Gasteiger partial charge in [-0.3, -0.25) is 0 Å². The molecule has 0 N–H and O–H groups in total. The van der Waals surface area contributed by atoms with Gasteiger partial charge in [0.15, 0.2) is 0 Å². The van der Waals surface area contributed by atoms with Gasteiger partial charge in [-0.1, -0.05) is 41.9 Å². The van der Waals surface area contributed by atoms with Crippen LogP contribution in [-0.2, 0) is 12.8 Å². The van der Waals surface area contributed by atoms with Crippen molar-refractivity contribution in [3.05, 3.63) is 52.5 Å². The highest BCUT2D eigenvalue weighted by atomic mass is 35.5. The normalized spacial score (nSPS) is 20.6. The average Bonchev–Trinajstić information content (AvgIpc) is 3.12. The standard InChI is InChI=1S/C24H27ClFNO/c25-23-21(20-8-2-6-17-5-1-7-19(17)20)9-3-10-22(23)28-12-4-11-27-15-24(16-27)13-18(26)14-24/h2-3,6,8-10,18H,1,4-5,7,11-16H2. The second-order valence-electron chi connectivity index (χ2n) is 8.83. The Morgan fingerprint density at radius 1 is 1.07 bits per heavy atom. The molecule has 1 saturated heterocycles. The highest BCUT2D eigenvalue weighted by molar-refractivity contribution is 6.34. The fourth-order valence-corrected chi connectivity index (χ4v) is 5.65. The lowest BCUT2D eigenvalue weighted by molar-refractivity contribution is -0.102. The first-order valence-corrected chi connectivity index (χ1v) is 10.9. The van der Waals surface area contributed by atoms with Crippen molar-refractivity contribution in [2.45, 2.75) is 44.7 Å². The van der Waals surface area contributed by atoms with Gasteiger partial charge >= 0.3 is 0 Å². The van der Waals surface area contributed by atoms with Crippen molar-refractivity contribution in [1.29, 1.82) is 0 Å². The first-order chi connectivity index (χ1) is 13.6. The molecule has 1 aliphatic heterocycles. The van der Waals surface area contributed by atoms with E-state index in [1.165, 1.54) is 29.5 Å². The minimum Gasteiger partial charge on any atom is -0.492 e. The van der Waals surface area contributed by atoms with Gasteiger partial charge in [-0.25, -0.2) is 4.39 Å². The predicted molar refractivity (Wildman–Crippen MR) is 112 cm³/mol. The van der Waals surface area contributed by atoms with Crippen LogP contribution in [0, 0.1) is 5.41 Å². The molecular formula is C24H27ClFNO. The molecule has 28 heavy (non-hydrogen) atoms. The van der Waals surface area contributed by atoms with Gasteiger partial charge in [0.2, 0.25) is 0 Å². The summed E-state index contributed by atoms with van der Waals surface area (Å²) in [4.78, 5) is 2.42. The van der Waals surface area contributed by atoms with E-state index < -0.39 is 6.17 Å². The van der Waals surface area contributed by atoms with Crippen LogP contribution >= 0.6 is 11.6 Å². The first-order valence-electron chi connectivity index (χ1n) is 10.5. The van der Waals surface area contributed by atoms with Crippen LogP contribution in [0.4, 0.5) is 4.39 Å². The number of nitrogens with zero attached hydrogens (tertiary/aromatic N) is 1. The number of likely N-dealkylation sites (tertiary alicyclic amines) is 1. The van der Waals surface area contributed by atoms with Crippen LogP contribution < -0.4 is 4.74 Å². The van der Waals surface area contributed by atoms with E-state index in [-0.39, 0.29) is 0 Å². The van der Waals surface area contributed by atoms with Crippen molar-refractivity contribution in [2.24, 2.45) is 5.41 Å². The molecule has 3 aliphatic rings. The molecule has 1 saturated carbocycles. The van der Waals surface area contributed by atoms with Crippen LogP contribution in [0.2, 0.25) is 5.02 Å². The zero-order valence-corrected chi connectivity index (χ0v) is 17.0. The Balaban J connectivity index is 1.18. The Hall–Kier alpha value is -1.58. The third-order valence-corrected chi connectivity index (χ3v) is 7.09. The first kappa shape index (κ1) is 18.4. The number of benzene rings is 2. The summed E-state index contributed by atoms with van der Waals surface area (Å²) in [6.45, 7) is 3.79. The third-order valence-electron chi connectivity index (χ3n) is 6.70. The maximum Gasteiger partial charge on any atom is 0.138 e. The molecule has 148 valence electrons. The van der Waals surface area contributed by atoms with E-state index >= 15 is 0 Å². The number of rotatable bonds is 6. The number of hydrogen-bond donors (Lipinski definition) is 0. The molecule has 1 spiro atoms. The fraction of sp³-hybridized carbons (Fsp3) is 0.500. The summed E-state index contributed by atoms with van der Waals surface area (Å²) >= 11 is 6.73. The second kappa shape index (κ2) is 7.35. The number of hydrogen-bond acceptors (Lipinski definition) is 2. The van der Waals surface area contributed by atoms with E-state index in [0.29, 0.717) is 17.0 Å². The van der Waals surface area contributed by atoms with Crippen molar-refractivity contribution in [2.75, 3.05) is 26.2 Å². The molecule has 2 fully saturated rings. The van der Waals surface area contributed by atoms with Gasteiger partial charge in [0.05, 0.1) is 11.6 Å². The maximum absolute atomic E-state index is 13.1. The molecule has 2 aromatic carbocycles. The zero-order chi connectivity index (χ0) is 19.1. The monoisotopic (exact) mass is 399 g/mol. The quantitative estimate of drug-likeness (QED) is 0.578. The number of ether oxygens (including phenoxy) is 1. The van der Waals surface area contributed by atoms with E-state index in [1.807, 2.05) is 12.1 Å². The summed E-state index contributed by atoms with van der Waals surface area (Å²) in [5.74, 6) is 0.772. The smallest absolute Gasteiger partial charge is 0.138 e. The Kier molecular flexibility index (Phi) is 4.84. The predicted octanol–water partition coefficient (Wildman–Crippen LogP) is 5.70. The minimum atomic E-state index is -0.550. The molecule has 0 radical (unpaired) electrons. The molecule has 4 heteroatoms.